The molecule has 0 spiro atoms. The number of anilines is 1. The van der Waals surface area contributed by atoms with Gasteiger partial charge in [-0.05, 0) is 28.7 Å². The number of hydrogen-bond acceptors (Lipinski definition) is 3. The molecule has 24 heavy (non-hydrogen) atoms. The summed E-state index contributed by atoms with van der Waals surface area (Å²) in [5.41, 5.74) is 3.11. The van der Waals surface area contributed by atoms with Gasteiger partial charge in [0.2, 0.25) is 10.0 Å². The summed E-state index contributed by atoms with van der Waals surface area (Å²) in [6.45, 7) is 0. The molecule has 0 amide bonds. The van der Waals surface area contributed by atoms with Crippen molar-refractivity contribution in [1.29, 1.82) is 0 Å². The number of nitrogens with one attached hydrogen (secondary N) is 1. The average Bonchev–Trinajstić information content (AvgIpc) is 3.08. The molecule has 2 aromatic rings. The molecule has 0 saturated heterocycles. The standard InChI is InChI=1S/C18H16BNO3S/c1-24(22,23)20-17-12-14(13-6-3-2-4-7-13)9-10-15(17)18(21)16-8-5-11-19-16/h2-12,19-20H,1H3. The molecular weight excluding hydrogens is 321 g/mol. The van der Waals surface area contributed by atoms with E-state index in [1.54, 1.807) is 18.2 Å². The predicted molar refractivity (Wildman–Crippen MR) is 99.0 cm³/mol. The third-order valence-corrected chi connectivity index (χ3v) is 4.32. The minimum atomic E-state index is -3.49. The lowest BCUT2D eigenvalue weighted by Crippen LogP contribution is -2.15. The van der Waals surface area contributed by atoms with Crippen molar-refractivity contribution in [2.24, 2.45) is 0 Å². The molecule has 0 unspecified atom stereocenters. The van der Waals surface area contributed by atoms with Gasteiger partial charge in [0.1, 0.15) is 0 Å². The van der Waals surface area contributed by atoms with Crippen molar-refractivity contribution in [2.45, 2.75) is 0 Å². The minimum Gasteiger partial charge on any atom is -0.290 e. The van der Waals surface area contributed by atoms with Crippen LogP contribution in [0.4, 0.5) is 5.69 Å². The summed E-state index contributed by atoms with van der Waals surface area (Å²) in [4.78, 5) is 12.7. The van der Waals surface area contributed by atoms with Crippen LogP contribution >= 0.6 is 0 Å². The van der Waals surface area contributed by atoms with Gasteiger partial charge in [-0.2, -0.15) is 0 Å². The number of carbonyl (C=O) groups is 1. The van der Waals surface area contributed by atoms with Crippen LogP contribution in [0, 0.1) is 0 Å². The Bertz CT molecular complexity index is 947. The highest BCUT2D eigenvalue weighted by Crippen LogP contribution is 2.28. The minimum absolute atomic E-state index is 0.161. The summed E-state index contributed by atoms with van der Waals surface area (Å²) < 4.78 is 25.9. The second-order valence-electron chi connectivity index (χ2n) is 5.65. The predicted octanol–water partition coefficient (Wildman–Crippen LogP) is 2.76. The third-order valence-electron chi connectivity index (χ3n) is 3.73. The molecular formula is C18H16BNO3S. The van der Waals surface area contributed by atoms with Crippen molar-refractivity contribution in [3.8, 4) is 11.1 Å². The van der Waals surface area contributed by atoms with Crippen molar-refractivity contribution in [1.82, 2.24) is 0 Å². The summed E-state index contributed by atoms with van der Waals surface area (Å²) in [5, 5.41) is 0. The highest BCUT2D eigenvalue weighted by Gasteiger charge is 2.19. The lowest BCUT2D eigenvalue weighted by molar-refractivity contribution is 0.104. The van der Waals surface area contributed by atoms with E-state index in [0.717, 1.165) is 17.4 Å². The van der Waals surface area contributed by atoms with Gasteiger partial charge in [0.25, 0.3) is 0 Å². The van der Waals surface area contributed by atoms with Gasteiger partial charge >= 0.3 is 0 Å². The zero-order chi connectivity index (χ0) is 17.2. The van der Waals surface area contributed by atoms with Crippen molar-refractivity contribution in [2.75, 3.05) is 11.0 Å². The highest BCUT2D eigenvalue weighted by molar-refractivity contribution is 7.92. The molecule has 6 heteroatoms. The van der Waals surface area contributed by atoms with E-state index in [1.807, 2.05) is 48.4 Å². The first-order chi connectivity index (χ1) is 11.4. The van der Waals surface area contributed by atoms with Crippen LogP contribution in [-0.4, -0.2) is 27.7 Å². The zero-order valence-electron chi connectivity index (χ0n) is 13.2. The fourth-order valence-corrected chi connectivity index (χ4v) is 3.19. The number of Topliss-reactive ketones (excluding diaryl/α,β-unsaturated/α-hetero) is 1. The number of rotatable bonds is 5. The Kier molecular flexibility index (Phi) is 4.40. The molecule has 1 aliphatic rings. The summed E-state index contributed by atoms with van der Waals surface area (Å²) >= 11 is 0. The summed E-state index contributed by atoms with van der Waals surface area (Å²) in [7, 11) is -2.93. The second-order valence-corrected chi connectivity index (χ2v) is 7.40. The van der Waals surface area contributed by atoms with Gasteiger partial charge in [-0.15, -0.1) is 5.98 Å². The Morgan fingerprint density at radius 2 is 1.79 bits per heavy atom. The molecule has 3 rings (SSSR count). The lowest BCUT2D eigenvalue weighted by Gasteiger charge is -2.13. The molecule has 0 atom stereocenters. The monoisotopic (exact) mass is 337 g/mol. The first-order valence-corrected chi connectivity index (χ1v) is 9.41. The van der Waals surface area contributed by atoms with Crippen LogP contribution < -0.4 is 4.72 Å². The second kappa shape index (κ2) is 6.49. The lowest BCUT2D eigenvalue weighted by atomic mass is 9.70. The van der Waals surface area contributed by atoms with Crippen LogP contribution in [0.3, 0.4) is 0 Å². The molecule has 1 heterocycles. The molecule has 0 aromatic heterocycles. The molecule has 1 N–H and O–H groups in total. The van der Waals surface area contributed by atoms with E-state index < -0.39 is 10.0 Å². The summed E-state index contributed by atoms with van der Waals surface area (Å²) in [5.74, 6) is 1.74. The highest BCUT2D eigenvalue weighted by atomic mass is 32.2. The Morgan fingerprint density at radius 1 is 1.04 bits per heavy atom. The molecule has 4 nitrogen and oxygen atoms in total. The van der Waals surface area contributed by atoms with Gasteiger partial charge in [0.15, 0.2) is 13.1 Å². The molecule has 0 fully saturated rings. The SMILES string of the molecule is CS(=O)(=O)Nc1cc(-c2ccccc2)ccc1C(=O)C1=CC=CB1. The van der Waals surface area contributed by atoms with E-state index >= 15 is 0 Å². The van der Waals surface area contributed by atoms with Crippen molar-refractivity contribution in [3.05, 3.63) is 77.7 Å². The van der Waals surface area contributed by atoms with Crippen LogP contribution in [-0.2, 0) is 10.0 Å². The van der Waals surface area contributed by atoms with Crippen molar-refractivity contribution in [3.63, 3.8) is 0 Å². The van der Waals surface area contributed by atoms with E-state index in [9.17, 15) is 13.2 Å². The Balaban J connectivity index is 2.06. The normalized spacial score (nSPS) is 13.3. The number of allylic oxidation sites excluding steroid dienone is 3. The maximum atomic E-state index is 12.7. The smallest absolute Gasteiger partial charge is 0.229 e. The third kappa shape index (κ3) is 3.66. The van der Waals surface area contributed by atoms with E-state index in [-0.39, 0.29) is 5.78 Å². The van der Waals surface area contributed by atoms with Crippen LogP contribution in [0.5, 0.6) is 0 Å². The molecule has 0 saturated carbocycles. The van der Waals surface area contributed by atoms with Gasteiger partial charge in [0.05, 0.1) is 11.9 Å². The van der Waals surface area contributed by atoms with Gasteiger partial charge in [-0.1, -0.05) is 48.6 Å². The average molecular weight is 337 g/mol. The number of carbonyl (C=O) groups excluding carboxylic acids is 1. The van der Waals surface area contributed by atoms with Gasteiger partial charge in [0, 0.05) is 5.56 Å². The summed E-state index contributed by atoms with van der Waals surface area (Å²) in [6.07, 6.45) is 4.67. The fourth-order valence-electron chi connectivity index (χ4n) is 2.63. The van der Waals surface area contributed by atoms with E-state index in [4.69, 9.17) is 0 Å². The first-order valence-electron chi connectivity index (χ1n) is 7.52. The topological polar surface area (TPSA) is 63.2 Å². The van der Waals surface area contributed by atoms with Gasteiger partial charge in [-0.25, -0.2) is 8.42 Å². The molecule has 120 valence electrons. The number of ketones is 1. The number of sulfonamides is 1. The van der Waals surface area contributed by atoms with Gasteiger partial charge < -0.3 is 0 Å². The quantitative estimate of drug-likeness (QED) is 0.674. The van der Waals surface area contributed by atoms with Gasteiger partial charge in [-0.3, -0.25) is 9.52 Å². The largest absolute Gasteiger partial charge is 0.290 e. The van der Waals surface area contributed by atoms with Crippen molar-refractivity contribution < 1.29 is 13.2 Å². The van der Waals surface area contributed by atoms with Crippen molar-refractivity contribution >= 4 is 28.8 Å². The van der Waals surface area contributed by atoms with Crippen LogP contribution in [0.1, 0.15) is 10.4 Å². The van der Waals surface area contributed by atoms with E-state index in [0.29, 0.717) is 24.0 Å². The molecule has 0 bridgehead atoms. The Labute approximate surface area is 142 Å². The number of hydrogen-bond donors (Lipinski definition) is 1. The number of benzene rings is 2. The Hall–Kier alpha value is -2.60. The maximum Gasteiger partial charge on any atom is 0.229 e. The molecule has 0 aliphatic carbocycles. The molecule has 1 aliphatic heterocycles. The van der Waals surface area contributed by atoms with E-state index in [2.05, 4.69) is 4.72 Å². The fraction of sp³-hybridized carbons (Fsp3) is 0.0556. The van der Waals surface area contributed by atoms with Crippen LogP contribution in [0.25, 0.3) is 11.1 Å². The first kappa shape index (κ1) is 16.3. The molecule has 0 radical (unpaired) electrons. The van der Waals surface area contributed by atoms with Crippen LogP contribution in [0.2, 0.25) is 0 Å². The Morgan fingerprint density at radius 3 is 2.42 bits per heavy atom. The van der Waals surface area contributed by atoms with E-state index in [1.165, 1.54) is 0 Å². The van der Waals surface area contributed by atoms with Crippen LogP contribution in [0.15, 0.2) is 72.1 Å². The maximum absolute atomic E-state index is 12.7. The summed E-state index contributed by atoms with van der Waals surface area (Å²) in [6, 6.07) is 14.8. The zero-order valence-corrected chi connectivity index (χ0v) is 14.0. The molecule has 2 aromatic carbocycles.